The Kier molecular flexibility index (Phi) is 5.50. The molecule has 4 heteroatoms. The zero-order valence-corrected chi connectivity index (χ0v) is 8.79. The highest BCUT2D eigenvalue weighted by Gasteiger charge is 2.35. The predicted octanol–water partition coefficient (Wildman–Crippen LogP) is 1.18. The lowest BCUT2D eigenvalue weighted by Crippen LogP contribution is -2.45. The number of nitrogens with one attached hydrogen (secondary N) is 1. The smallest absolute Gasteiger partial charge is 0.00940 e. The lowest BCUT2D eigenvalue weighted by Gasteiger charge is -2.29. The predicted molar refractivity (Wildman–Crippen MR) is 56.2 cm³/mol. The average molecular weight is 213 g/mol. The van der Waals surface area contributed by atoms with Gasteiger partial charge in [0, 0.05) is 6.04 Å². The van der Waals surface area contributed by atoms with Gasteiger partial charge >= 0.3 is 0 Å². The van der Waals surface area contributed by atoms with Gasteiger partial charge in [-0.1, -0.05) is 0 Å². The maximum Gasteiger partial charge on any atom is 0.00940 e. The number of nitrogens with two attached hydrogens (primary N) is 1. The quantitative estimate of drug-likeness (QED) is 0.686. The van der Waals surface area contributed by atoms with Crippen LogP contribution >= 0.6 is 24.8 Å². The molecular weight excluding hydrogens is 195 g/mol. The molecule has 0 aromatic rings. The molecule has 12 heavy (non-hydrogen) atoms. The van der Waals surface area contributed by atoms with Crippen molar-refractivity contribution in [3.8, 4) is 0 Å². The van der Waals surface area contributed by atoms with Gasteiger partial charge in [-0.2, -0.15) is 0 Å². The second-order valence-corrected chi connectivity index (χ2v) is 3.66. The van der Waals surface area contributed by atoms with Crippen molar-refractivity contribution in [1.29, 1.82) is 0 Å². The highest BCUT2D eigenvalue weighted by Crippen LogP contribution is 2.39. The summed E-state index contributed by atoms with van der Waals surface area (Å²) in [6, 6.07) is 0.494. The number of rotatable bonds is 1. The molecule has 74 valence electrons. The van der Waals surface area contributed by atoms with Gasteiger partial charge in [-0.25, -0.2) is 0 Å². The molecule has 2 unspecified atom stereocenters. The van der Waals surface area contributed by atoms with Crippen LogP contribution in [0.2, 0.25) is 0 Å². The van der Waals surface area contributed by atoms with Crippen LogP contribution in [0.5, 0.6) is 0 Å². The van der Waals surface area contributed by atoms with Gasteiger partial charge in [0.15, 0.2) is 0 Å². The third-order valence-electron chi connectivity index (χ3n) is 2.81. The first kappa shape index (κ1) is 12.5. The van der Waals surface area contributed by atoms with Gasteiger partial charge in [0.1, 0.15) is 0 Å². The van der Waals surface area contributed by atoms with Crippen LogP contribution in [0.15, 0.2) is 0 Å². The van der Waals surface area contributed by atoms with Crippen LogP contribution in [0.1, 0.15) is 19.3 Å². The van der Waals surface area contributed by atoms with Gasteiger partial charge in [-0.05, 0) is 44.2 Å². The molecule has 0 aromatic heterocycles. The molecule has 0 radical (unpaired) electrons. The Hall–Kier alpha value is 0.500. The molecule has 2 atom stereocenters. The maximum absolute atomic E-state index is 5.98. The van der Waals surface area contributed by atoms with Crippen molar-refractivity contribution in [3.05, 3.63) is 0 Å². The molecule has 3 N–H and O–H groups in total. The van der Waals surface area contributed by atoms with Gasteiger partial charge in [0.2, 0.25) is 0 Å². The van der Waals surface area contributed by atoms with Crippen molar-refractivity contribution in [1.82, 2.24) is 5.32 Å². The minimum atomic E-state index is 0. The first-order valence-electron chi connectivity index (χ1n) is 4.34. The monoisotopic (exact) mass is 212 g/mol. The molecule has 2 nitrogen and oxygen atoms in total. The molecule has 1 aliphatic heterocycles. The fourth-order valence-corrected chi connectivity index (χ4v) is 1.94. The number of piperidine rings is 1. The normalized spacial score (nSPS) is 34.8. The van der Waals surface area contributed by atoms with E-state index in [1.807, 2.05) is 0 Å². The molecule has 1 heterocycles. The Bertz CT molecular complexity index is 128. The van der Waals surface area contributed by atoms with E-state index in [4.69, 9.17) is 5.73 Å². The number of halogens is 2. The topological polar surface area (TPSA) is 38.0 Å². The van der Waals surface area contributed by atoms with Gasteiger partial charge in [-0.3, -0.25) is 0 Å². The van der Waals surface area contributed by atoms with Gasteiger partial charge < -0.3 is 11.1 Å². The highest BCUT2D eigenvalue weighted by atomic mass is 35.5. The van der Waals surface area contributed by atoms with Crippen molar-refractivity contribution in [2.24, 2.45) is 17.6 Å². The summed E-state index contributed by atoms with van der Waals surface area (Å²) < 4.78 is 0. The van der Waals surface area contributed by atoms with E-state index in [9.17, 15) is 0 Å². The molecule has 2 fully saturated rings. The Morgan fingerprint density at radius 3 is 2.25 bits per heavy atom. The Labute approximate surface area is 86.5 Å². The largest absolute Gasteiger partial charge is 0.327 e. The van der Waals surface area contributed by atoms with E-state index in [0.717, 1.165) is 18.4 Å². The highest BCUT2D eigenvalue weighted by molar-refractivity contribution is 5.85. The minimum Gasteiger partial charge on any atom is -0.327 e. The van der Waals surface area contributed by atoms with E-state index in [2.05, 4.69) is 5.32 Å². The summed E-state index contributed by atoms with van der Waals surface area (Å²) in [5.74, 6) is 1.77. The van der Waals surface area contributed by atoms with E-state index in [0.29, 0.717) is 6.04 Å². The Morgan fingerprint density at radius 1 is 1.08 bits per heavy atom. The summed E-state index contributed by atoms with van der Waals surface area (Å²) >= 11 is 0. The maximum atomic E-state index is 5.98. The molecule has 2 aliphatic rings. The van der Waals surface area contributed by atoms with Crippen molar-refractivity contribution in [2.75, 3.05) is 13.1 Å². The molecule has 0 spiro atoms. The third kappa shape index (κ3) is 2.77. The first-order valence-corrected chi connectivity index (χ1v) is 4.34. The SMILES string of the molecule is Cl.Cl.NC1CCNCC1C1CC1. The molecule has 1 saturated carbocycles. The lowest BCUT2D eigenvalue weighted by atomic mass is 9.90. The third-order valence-corrected chi connectivity index (χ3v) is 2.81. The zero-order chi connectivity index (χ0) is 6.97. The van der Waals surface area contributed by atoms with Gasteiger partial charge in [-0.15, -0.1) is 24.8 Å². The lowest BCUT2D eigenvalue weighted by molar-refractivity contribution is 0.294. The standard InChI is InChI=1S/C8H16N2.2ClH/c9-8-3-4-10-5-7(8)6-1-2-6;;/h6-8,10H,1-5,9H2;2*1H. The summed E-state index contributed by atoms with van der Waals surface area (Å²) in [7, 11) is 0. The van der Waals surface area contributed by atoms with Crippen molar-refractivity contribution >= 4 is 24.8 Å². The molecule has 1 aliphatic carbocycles. The van der Waals surface area contributed by atoms with E-state index < -0.39 is 0 Å². The van der Waals surface area contributed by atoms with Crippen LogP contribution in [0.4, 0.5) is 0 Å². The summed E-state index contributed by atoms with van der Waals surface area (Å²) in [6.45, 7) is 2.30. The molecular formula is C8H18Cl2N2. The van der Waals surface area contributed by atoms with Crippen LogP contribution in [0.3, 0.4) is 0 Å². The molecule has 1 saturated heterocycles. The second kappa shape index (κ2) is 5.28. The molecule has 2 rings (SSSR count). The van der Waals surface area contributed by atoms with Gasteiger partial charge in [0.25, 0.3) is 0 Å². The van der Waals surface area contributed by atoms with E-state index in [1.165, 1.54) is 25.8 Å². The average Bonchev–Trinajstić information content (AvgIpc) is 2.71. The Balaban J connectivity index is 0.000000605. The van der Waals surface area contributed by atoms with Gasteiger partial charge in [0.05, 0.1) is 0 Å². The summed E-state index contributed by atoms with van der Waals surface area (Å²) in [5, 5.41) is 3.41. The van der Waals surface area contributed by atoms with Crippen LogP contribution in [0.25, 0.3) is 0 Å². The minimum absolute atomic E-state index is 0. The summed E-state index contributed by atoms with van der Waals surface area (Å²) in [4.78, 5) is 0. The zero-order valence-electron chi connectivity index (χ0n) is 7.16. The molecule has 0 aromatic carbocycles. The summed E-state index contributed by atoms with van der Waals surface area (Å²) in [6.07, 6.45) is 4.04. The van der Waals surface area contributed by atoms with Crippen molar-refractivity contribution in [3.63, 3.8) is 0 Å². The van der Waals surface area contributed by atoms with Crippen LogP contribution in [-0.4, -0.2) is 19.1 Å². The molecule has 0 amide bonds. The van der Waals surface area contributed by atoms with Crippen LogP contribution in [-0.2, 0) is 0 Å². The molecule has 0 bridgehead atoms. The number of hydrogen-bond donors (Lipinski definition) is 2. The van der Waals surface area contributed by atoms with Crippen molar-refractivity contribution < 1.29 is 0 Å². The van der Waals surface area contributed by atoms with E-state index in [1.54, 1.807) is 0 Å². The van der Waals surface area contributed by atoms with Crippen LogP contribution < -0.4 is 11.1 Å². The van der Waals surface area contributed by atoms with Crippen LogP contribution in [0, 0.1) is 11.8 Å². The first-order chi connectivity index (χ1) is 4.88. The van der Waals surface area contributed by atoms with E-state index >= 15 is 0 Å². The number of hydrogen-bond acceptors (Lipinski definition) is 2. The fraction of sp³-hybridized carbons (Fsp3) is 1.00. The fourth-order valence-electron chi connectivity index (χ4n) is 1.94. The Morgan fingerprint density at radius 2 is 1.75 bits per heavy atom. The van der Waals surface area contributed by atoms with E-state index in [-0.39, 0.29) is 24.8 Å². The second-order valence-electron chi connectivity index (χ2n) is 3.66. The van der Waals surface area contributed by atoms with Crippen molar-refractivity contribution in [2.45, 2.75) is 25.3 Å². The summed E-state index contributed by atoms with van der Waals surface area (Å²) in [5.41, 5.74) is 5.98.